The van der Waals surface area contributed by atoms with E-state index in [1.54, 1.807) is 4.31 Å². The van der Waals surface area contributed by atoms with Crippen molar-refractivity contribution < 1.29 is 8.42 Å². The number of aromatic nitrogens is 1. The third kappa shape index (κ3) is 2.58. The lowest BCUT2D eigenvalue weighted by atomic mass is 9.82. The van der Waals surface area contributed by atoms with Crippen molar-refractivity contribution in [1.82, 2.24) is 8.87 Å². The van der Waals surface area contributed by atoms with Gasteiger partial charge in [-0.25, -0.2) is 12.7 Å². The molecule has 1 N–H and O–H groups in total. The summed E-state index contributed by atoms with van der Waals surface area (Å²) in [4.78, 5) is 0. The molecule has 5 nitrogen and oxygen atoms in total. The summed E-state index contributed by atoms with van der Waals surface area (Å²) in [7, 11) is -3.13. The molecule has 1 aromatic carbocycles. The monoisotopic (exact) mass is 373 g/mol. The van der Waals surface area contributed by atoms with Crippen molar-refractivity contribution in [3.63, 3.8) is 0 Å². The highest BCUT2D eigenvalue weighted by atomic mass is 32.2. The predicted octanol–water partition coefficient (Wildman–Crippen LogP) is 3.55. The van der Waals surface area contributed by atoms with Crippen LogP contribution in [0.25, 0.3) is 5.69 Å². The van der Waals surface area contributed by atoms with Gasteiger partial charge in [0.15, 0.2) is 0 Å². The number of sulfonamides is 1. The van der Waals surface area contributed by atoms with Gasteiger partial charge in [0.1, 0.15) is 0 Å². The van der Waals surface area contributed by atoms with Crippen LogP contribution in [0.2, 0.25) is 0 Å². The van der Waals surface area contributed by atoms with Crippen LogP contribution in [0, 0.1) is 13.8 Å². The zero-order valence-electron chi connectivity index (χ0n) is 15.7. The maximum absolute atomic E-state index is 12.4. The number of benzene rings is 1. The molecule has 0 aliphatic carbocycles. The highest BCUT2D eigenvalue weighted by Crippen LogP contribution is 2.45. The van der Waals surface area contributed by atoms with Crippen LogP contribution < -0.4 is 5.32 Å². The second-order valence-electron chi connectivity index (χ2n) is 7.59. The Balaban J connectivity index is 1.69. The molecule has 3 heterocycles. The van der Waals surface area contributed by atoms with Crippen LogP contribution in [0.4, 0.5) is 5.69 Å². The van der Waals surface area contributed by atoms with Crippen molar-refractivity contribution in [1.29, 1.82) is 0 Å². The van der Waals surface area contributed by atoms with Crippen molar-refractivity contribution in [3.05, 3.63) is 47.3 Å². The van der Waals surface area contributed by atoms with Gasteiger partial charge in [0.25, 0.3) is 0 Å². The summed E-state index contributed by atoms with van der Waals surface area (Å²) in [6, 6.07) is 8.58. The number of rotatable bonds is 3. The molecular weight excluding hydrogens is 346 g/mol. The van der Waals surface area contributed by atoms with Crippen molar-refractivity contribution in [2.75, 3.05) is 24.2 Å². The van der Waals surface area contributed by atoms with Gasteiger partial charge in [-0.1, -0.05) is 13.0 Å². The van der Waals surface area contributed by atoms with E-state index >= 15 is 0 Å². The molecule has 1 aromatic heterocycles. The van der Waals surface area contributed by atoms with Crippen LogP contribution in [-0.2, 0) is 15.6 Å². The maximum atomic E-state index is 12.4. The molecule has 2 aliphatic rings. The molecule has 4 rings (SSSR count). The molecule has 0 unspecified atom stereocenters. The molecule has 0 amide bonds. The Morgan fingerprint density at radius 1 is 1.15 bits per heavy atom. The van der Waals surface area contributed by atoms with Crippen LogP contribution in [0.5, 0.6) is 0 Å². The number of fused-ring (bicyclic) bond motifs is 4. The third-order valence-electron chi connectivity index (χ3n) is 5.99. The number of nitrogens with zero attached hydrogens (tertiary/aromatic N) is 2. The Morgan fingerprint density at radius 2 is 1.88 bits per heavy atom. The summed E-state index contributed by atoms with van der Waals surface area (Å²) in [5, 5.41) is 3.78. The van der Waals surface area contributed by atoms with Gasteiger partial charge >= 0.3 is 0 Å². The van der Waals surface area contributed by atoms with Gasteiger partial charge in [-0.15, -0.1) is 0 Å². The van der Waals surface area contributed by atoms with Crippen LogP contribution in [0.3, 0.4) is 0 Å². The van der Waals surface area contributed by atoms with Gasteiger partial charge < -0.3 is 9.88 Å². The van der Waals surface area contributed by atoms with Gasteiger partial charge in [0, 0.05) is 25.0 Å². The molecule has 26 heavy (non-hydrogen) atoms. The van der Waals surface area contributed by atoms with Crippen molar-refractivity contribution in [2.24, 2.45) is 0 Å². The van der Waals surface area contributed by atoms with Crippen LogP contribution in [0.1, 0.15) is 43.0 Å². The summed E-state index contributed by atoms with van der Waals surface area (Å²) in [5.74, 6) is 0.241. The van der Waals surface area contributed by atoms with E-state index in [-0.39, 0.29) is 11.3 Å². The Kier molecular flexibility index (Phi) is 4.15. The molecule has 0 radical (unpaired) electrons. The van der Waals surface area contributed by atoms with Crippen LogP contribution >= 0.6 is 0 Å². The first-order valence-electron chi connectivity index (χ1n) is 9.42. The first-order chi connectivity index (χ1) is 12.4. The van der Waals surface area contributed by atoms with E-state index in [0.29, 0.717) is 19.5 Å². The van der Waals surface area contributed by atoms with Crippen LogP contribution in [0.15, 0.2) is 30.5 Å². The van der Waals surface area contributed by atoms with Crippen molar-refractivity contribution >= 4 is 15.7 Å². The molecule has 2 aromatic rings. The second kappa shape index (κ2) is 6.13. The lowest BCUT2D eigenvalue weighted by Gasteiger charge is -2.46. The number of anilines is 1. The Labute approximate surface area is 156 Å². The van der Waals surface area contributed by atoms with Crippen molar-refractivity contribution in [3.8, 4) is 5.69 Å². The first-order valence-corrected chi connectivity index (χ1v) is 11.0. The topological polar surface area (TPSA) is 54.3 Å². The third-order valence-corrected chi connectivity index (χ3v) is 8.06. The number of hydrogen-bond acceptors (Lipinski definition) is 3. The minimum Gasteiger partial charge on any atom is -0.372 e. The molecular formula is C20H27N3O2S. The van der Waals surface area contributed by atoms with Gasteiger partial charge in [-0.2, -0.15) is 0 Å². The number of piperidine rings is 1. The van der Waals surface area contributed by atoms with E-state index in [9.17, 15) is 8.42 Å². The SMILES string of the molecule is CCCS(=O)(=O)N1CCC2(CC1)Nc1ccc(C)c(C)c1-n1cccc12. The van der Waals surface area contributed by atoms with E-state index in [2.05, 4.69) is 54.2 Å². The largest absolute Gasteiger partial charge is 0.372 e. The average molecular weight is 374 g/mol. The summed E-state index contributed by atoms with van der Waals surface area (Å²) < 4.78 is 28.8. The van der Waals surface area contributed by atoms with Gasteiger partial charge in [-0.05, 0) is 62.4 Å². The highest BCUT2D eigenvalue weighted by Gasteiger charge is 2.43. The van der Waals surface area contributed by atoms with E-state index in [0.717, 1.165) is 18.5 Å². The lowest BCUT2D eigenvalue weighted by molar-refractivity contribution is 0.247. The van der Waals surface area contributed by atoms with E-state index in [4.69, 9.17) is 0 Å². The van der Waals surface area contributed by atoms with E-state index in [1.165, 1.54) is 22.5 Å². The first kappa shape index (κ1) is 17.6. The molecule has 1 saturated heterocycles. The van der Waals surface area contributed by atoms with E-state index in [1.807, 2.05) is 6.92 Å². The summed E-state index contributed by atoms with van der Waals surface area (Å²) in [6.07, 6.45) is 4.36. The zero-order chi connectivity index (χ0) is 18.5. The molecule has 140 valence electrons. The summed E-state index contributed by atoms with van der Waals surface area (Å²) >= 11 is 0. The summed E-state index contributed by atoms with van der Waals surface area (Å²) in [5.41, 5.74) is 5.97. The number of nitrogens with one attached hydrogen (secondary N) is 1. The fourth-order valence-corrected chi connectivity index (χ4v) is 5.93. The molecule has 0 bridgehead atoms. The summed E-state index contributed by atoms with van der Waals surface area (Å²) in [6.45, 7) is 7.36. The van der Waals surface area contributed by atoms with Gasteiger partial charge in [0.2, 0.25) is 10.0 Å². The highest BCUT2D eigenvalue weighted by molar-refractivity contribution is 7.89. The number of aryl methyl sites for hydroxylation is 1. The maximum Gasteiger partial charge on any atom is 0.214 e. The Hall–Kier alpha value is -1.79. The molecule has 1 fully saturated rings. The van der Waals surface area contributed by atoms with Gasteiger partial charge in [-0.3, -0.25) is 0 Å². The molecule has 0 atom stereocenters. The standard InChI is InChI=1S/C20H27N3O2S/c1-4-14-26(24,25)22-12-9-20(10-13-22)18-6-5-11-23(18)19-16(3)15(2)7-8-17(19)21-20/h5-8,11,21H,4,9-10,12-14H2,1-3H3. The Bertz CT molecular complexity index is 938. The fraction of sp³-hybridized carbons (Fsp3) is 0.500. The minimum absolute atomic E-state index is 0.198. The number of hydrogen-bond donors (Lipinski definition) is 1. The van der Waals surface area contributed by atoms with Crippen LogP contribution in [-0.4, -0.2) is 36.1 Å². The van der Waals surface area contributed by atoms with E-state index < -0.39 is 10.0 Å². The van der Waals surface area contributed by atoms with Crippen molar-refractivity contribution in [2.45, 2.75) is 45.6 Å². The zero-order valence-corrected chi connectivity index (χ0v) is 16.6. The molecule has 1 spiro atoms. The second-order valence-corrected chi connectivity index (χ2v) is 9.68. The predicted molar refractivity (Wildman–Crippen MR) is 105 cm³/mol. The molecule has 0 saturated carbocycles. The average Bonchev–Trinajstić information content (AvgIpc) is 3.09. The smallest absolute Gasteiger partial charge is 0.214 e. The van der Waals surface area contributed by atoms with Gasteiger partial charge in [0.05, 0.1) is 22.7 Å². The Morgan fingerprint density at radius 3 is 2.58 bits per heavy atom. The quantitative estimate of drug-likeness (QED) is 0.895. The fourth-order valence-electron chi connectivity index (χ4n) is 4.41. The normalized spacial score (nSPS) is 19.0. The molecule has 6 heteroatoms. The lowest BCUT2D eigenvalue weighted by Crippen LogP contribution is -2.51. The minimum atomic E-state index is -3.13. The molecule has 2 aliphatic heterocycles.